The Morgan fingerprint density at radius 2 is 1.76 bits per heavy atom. The molecule has 0 N–H and O–H groups in total. The zero-order chi connectivity index (χ0) is 18.2. The Bertz CT molecular complexity index is 526. The Labute approximate surface area is 156 Å². The Kier molecular flexibility index (Phi) is 5.66. The summed E-state index contributed by atoms with van der Waals surface area (Å²) in [6.07, 6.45) is 15.6. The second kappa shape index (κ2) is 7.45. The lowest BCUT2D eigenvalue weighted by Gasteiger charge is -2.56. The van der Waals surface area contributed by atoms with E-state index in [4.69, 9.17) is 0 Å². The van der Waals surface area contributed by atoms with Crippen molar-refractivity contribution in [2.45, 2.75) is 78.6 Å². The van der Waals surface area contributed by atoms with Crippen molar-refractivity contribution in [3.8, 4) is 0 Å². The van der Waals surface area contributed by atoms with Crippen molar-refractivity contribution in [3.05, 3.63) is 37.0 Å². The highest BCUT2D eigenvalue weighted by molar-refractivity contribution is 5.16. The van der Waals surface area contributed by atoms with Crippen LogP contribution in [0, 0.1) is 40.9 Å². The second-order valence-electron chi connectivity index (χ2n) is 9.64. The first-order valence-corrected chi connectivity index (χ1v) is 10.8. The molecule has 0 bridgehead atoms. The van der Waals surface area contributed by atoms with Crippen LogP contribution in [0.3, 0.4) is 0 Å². The Hall–Kier alpha value is -0.780. The Morgan fingerprint density at radius 3 is 2.48 bits per heavy atom. The van der Waals surface area contributed by atoms with Gasteiger partial charge in [-0.3, -0.25) is 0 Å². The van der Waals surface area contributed by atoms with E-state index in [1.54, 1.807) is 11.1 Å². The topological polar surface area (TPSA) is 0 Å². The third-order valence-electron chi connectivity index (χ3n) is 8.91. The summed E-state index contributed by atoms with van der Waals surface area (Å²) in [5, 5.41) is 0. The van der Waals surface area contributed by atoms with E-state index in [-0.39, 0.29) is 0 Å². The highest BCUT2D eigenvalue weighted by Crippen LogP contribution is 2.65. The van der Waals surface area contributed by atoms with Crippen molar-refractivity contribution in [3.63, 3.8) is 0 Å². The summed E-state index contributed by atoms with van der Waals surface area (Å²) in [5.41, 5.74) is 3.84. The molecule has 0 amide bonds. The molecule has 4 aliphatic rings. The summed E-state index contributed by atoms with van der Waals surface area (Å²) in [7, 11) is 0. The highest BCUT2D eigenvalue weighted by Gasteiger charge is 2.56. The Morgan fingerprint density at radius 1 is 1.00 bits per heavy atom. The van der Waals surface area contributed by atoms with E-state index < -0.39 is 0 Å². The molecule has 25 heavy (non-hydrogen) atoms. The van der Waals surface area contributed by atoms with Crippen LogP contribution < -0.4 is 0 Å². The summed E-state index contributed by atoms with van der Waals surface area (Å²) in [5.74, 6) is 6.05. The van der Waals surface area contributed by atoms with Crippen molar-refractivity contribution in [2.24, 2.45) is 40.9 Å². The average Bonchev–Trinajstić information content (AvgIpc) is 2.99. The SMILES string of the molecule is C=C.C=C1CCC2[C@H](CC[C@@H]3[C@@H]2CC[C@]2(C)C(/C(C)=C/C)CC[C@@H]32)C1. The van der Waals surface area contributed by atoms with E-state index in [2.05, 4.69) is 46.6 Å². The lowest BCUT2D eigenvalue weighted by Crippen LogP contribution is -2.48. The molecule has 0 radical (unpaired) electrons. The molecule has 7 atom stereocenters. The molecule has 0 nitrogen and oxygen atoms in total. The molecule has 0 spiro atoms. The second-order valence-corrected chi connectivity index (χ2v) is 9.64. The quantitative estimate of drug-likeness (QED) is 0.431. The fourth-order valence-corrected chi connectivity index (χ4v) is 7.73. The van der Waals surface area contributed by atoms with Crippen molar-refractivity contribution >= 4 is 0 Å². The molecule has 140 valence electrons. The molecular formula is C25H40. The van der Waals surface area contributed by atoms with Crippen molar-refractivity contribution in [1.29, 1.82) is 0 Å². The lowest BCUT2D eigenvalue weighted by atomic mass is 9.49. The molecule has 4 rings (SSSR count). The van der Waals surface area contributed by atoms with E-state index in [1.807, 2.05) is 0 Å². The molecule has 4 aliphatic carbocycles. The fraction of sp³-hybridized carbons (Fsp3) is 0.760. The summed E-state index contributed by atoms with van der Waals surface area (Å²) >= 11 is 0. The number of allylic oxidation sites excluding steroid dienone is 3. The zero-order valence-corrected chi connectivity index (χ0v) is 17.0. The molecule has 0 heteroatoms. The Balaban J connectivity index is 0.000000880. The molecule has 4 fully saturated rings. The zero-order valence-electron chi connectivity index (χ0n) is 17.0. The smallest absolute Gasteiger partial charge is 0.0149 e. The largest absolute Gasteiger partial charge is 0.106 e. The van der Waals surface area contributed by atoms with Crippen molar-refractivity contribution < 1.29 is 0 Å². The molecule has 2 unspecified atom stereocenters. The van der Waals surface area contributed by atoms with Crippen molar-refractivity contribution in [2.75, 3.05) is 0 Å². The maximum absolute atomic E-state index is 4.31. The van der Waals surface area contributed by atoms with E-state index >= 15 is 0 Å². The van der Waals surface area contributed by atoms with Gasteiger partial charge in [0.2, 0.25) is 0 Å². The van der Waals surface area contributed by atoms with Gasteiger partial charge in [0.15, 0.2) is 0 Å². The van der Waals surface area contributed by atoms with Gasteiger partial charge < -0.3 is 0 Å². The van der Waals surface area contributed by atoms with Crippen LogP contribution in [0.2, 0.25) is 0 Å². The summed E-state index contributed by atoms with van der Waals surface area (Å²) in [6, 6.07) is 0. The first-order valence-electron chi connectivity index (χ1n) is 10.8. The molecule has 0 aromatic rings. The standard InChI is InChI=1S/C23H36.C2H4/c1-5-16(3)21-10-11-22-20-9-7-17-14-15(2)6-8-18(17)19(20)12-13-23(21,22)4;1-2/h5,17-22H,2,6-14H2,1,3-4H3;1-2H2/b16-5+;/t17-,18?,19-,20-,21?,22+,23-;/m1./s1. The number of fused-ring (bicyclic) bond motifs is 5. The van der Waals surface area contributed by atoms with Crippen LogP contribution in [0.4, 0.5) is 0 Å². The predicted octanol–water partition coefficient (Wildman–Crippen LogP) is 7.58. The molecule has 4 saturated carbocycles. The molecular weight excluding hydrogens is 300 g/mol. The van der Waals surface area contributed by atoms with Gasteiger partial charge in [-0.25, -0.2) is 0 Å². The van der Waals surface area contributed by atoms with Gasteiger partial charge in [-0.15, -0.1) is 13.2 Å². The molecule has 0 aliphatic heterocycles. The summed E-state index contributed by atoms with van der Waals surface area (Å²) in [4.78, 5) is 0. The van der Waals surface area contributed by atoms with E-state index in [0.29, 0.717) is 5.41 Å². The van der Waals surface area contributed by atoms with E-state index in [9.17, 15) is 0 Å². The molecule has 0 heterocycles. The van der Waals surface area contributed by atoms with Gasteiger partial charge in [-0.1, -0.05) is 30.7 Å². The van der Waals surface area contributed by atoms with Crippen LogP contribution in [0.5, 0.6) is 0 Å². The highest BCUT2D eigenvalue weighted by atomic mass is 14.6. The van der Waals surface area contributed by atoms with Crippen LogP contribution in [0.15, 0.2) is 37.0 Å². The van der Waals surface area contributed by atoms with Gasteiger partial charge in [0.1, 0.15) is 0 Å². The van der Waals surface area contributed by atoms with E-state index in [1.165, 1.54) is 57.8 Å². The minimum atomic E-state index is 0.614. The minimum Gasteiger partial charge on any atom is -0.106 e. The maximum Gasteiger partial charge on any atom is -0.0149 e. The lowest BCUT2D eigenvalue weighted by molar-refractivity contribution is -0.0533. The van der Waals surface area contributed by atoms with Gasteiger partial charge in [0, 0.05) is 0 Å². The first kappa shape index (κ1) is 19.0. The van der Waals surface area contributed by atoms with Crippen LogP contribution in [0.1, 0.15) is 78.6 Å². The summed E-state index contributed by atoms with van der Waals surface area (Å²) in [6.45, 7) is 17.6. The third kappa shape index (κ3) is 3.08. The molecule has 0 aromatic heterocycles. The first-order chi connectivity index (χ1) is 12.0. The van der Waals surface area contributed by atoms with Gasteiger partial charge in [0.05, 0.1) is 0 Å². The predicted molar refractivity (Wildman–Crippen MR) is 110 cm³/mol. The normalized spacial score (nSPS) is 46.4. The number of hydrogen-bond donors (Lipinski definition) is 0. The van der Waals surface area contributed by atoms with Gasteiger partial charge >= 0.3 is 0 Å². The van der Waals surface area contributed by atoms with Gasteiger partial charge in [-0.05, 0) is 113 Å². The monoisotopic (exact) mass is 340 g/mol. The molecule has 0 aromatic carbocycles. The van der Waals surface area contributed by atoms with Crippen LogP contribution in [-0.2, 0) is 0 Å². The van der Waals surface area contributed by atoms with Gasteiger partial charge in [-0.2, -0.15) is 0 Å². The fourth-order valence-electron chi connectivity index (χ4n) is 7.73. The third-order valence-corrected chi connectivity index (χ3v) is 8.91. The summed E-state index contributed by atoms with van der Waals surface area (Å²) < 4.78 is 0. The van der Waals surface area contributed by atoms with Crippen LogP contribution in [-0.4, -0.2) is 0 Å². The van der Waals surface area contributed by atoms with Crippen molar-refractivity contribution in [1.82, 2.24) is 0 Å². The maximum atomic E-state index is 4.31. The number of rotatable bonds is 1. The van der Waals surface area contributed by atoms with Crippen LogP contribution in [0.25, 0.3) is 0 Å². The number of hydrogen-bond acceptors (Lipinski definition) is 0. The van der Waals surface area contributed by atoms with Crippen LogP contribution >= 0.6 is 0 Å². The molecule has 0 saturated heterocycles. The van der Waals surface area contributed by atoms with E-state index in [0.717, 1.165) is 35.5 Å². The van der Waals surface area contributed by atoms with Gasteiger partial charge in [0.25, 0.3) is 0 Å². The average molecular weight is 341 g/mol. The minimum absolute atomic E-state index is 0.614.